The summed E-state index contributed by atoms with van der Waals surface area (Å²) in [4.78, 5) is 20.1. The summed E-state index contributed by atoms with van der Waals surface area (Å²) in [7, 11) is 0. The normalized spacial score (nSPS) is 10.7. The molecule has 0 bridgehead atoms. The van der Waals surface area contributed by atoms with Crippen molar-refractivity contribution in [3.63, 3.8) is 0 Å². The number of imidazole rings is 2. The van der Waals surface area contributed by atoms with Crippen molar-refractivity contribution in [2.45, 2.75) is 13.8 Å². The minimum atomic E-state index is -0.437. The summed E-state index contributed by atoms with van der Waals surface area (Å²) in [6.45, 7) is 3.88. The Balaban J connectivity index is 2.05. The summed E-state index contributed by atoms with van der Waals surface area (Å²) < 4.78 is 8.67. The lowest BCUT2D eigenvalue weighted by Gasteiger charge is -2.12. The van der Waals surface area contributed by atoms with E-state index in [0.717, 1.165) is 11.4 Å². The number of carbonyl (C=O) groups is 1. The third-order valence-corrected chi connectivity index (χ3v) is 3.55. The second kappa shape index (κ2) is 5.96. The lowest BCUT2D eigenvalue weighted by Crippen LogP contribution is -2.08. The van der Waals surface area contributed by atoms with Crippen LogP contribution in [0.15, 0.2) is 43.2 Å². The van der Waals surface area contributed by atoms with Crippen LogP contribution < -0.4 is 5.73 Å². The van der Waals surface area contributed by atoms with E-state index in [2.05, 4.69) is 9.97 Å². The van der Waals surface area contributed by atoms with E-state index in [0.29, 0.717) is 23.7 Å². The molecule has 0 aliphatic rings. The third-order valence-electron chi connectivity index (χ3n) is 3.55. The second-order valence-electron chi connectivity index (χ2n) is 4.98. The predicted octanol–water partition coefficient (Wildman–Crippen LogP) is 2.13. The minimum Gasteiger partial charge on any atom is -0.461 e. The smallest absolute Gasteiger partial charge is 0.358 e. The fraction of sp³-hybridized carbons (Fsp3) is 0.188. The zero-order chi connectivity index (χ0) is 16.4. The molecule has 2 heterocycles. The first-order valence-electron chi connectivity index (χ1n) is 7.21. The first-order valence-corrected chi connectivity index (χ1v) is 7.21. The predicted molar refractivity (Wildman–Crippen MR) is 85.8 cm³/mol. The van der Waals surface area contributed by atoms with Crippen molar-refractivity contribution in [3.05, 3.63) is 54.6 Å². The van der Waals surface area contributed by atoms with Crippen LogP contribution in [0.1, 0.15) is 23.1 Å². The number of esters is 1. The molecular formula is C16H17N5O2. The molecule has 0 radical (unpaired) electrons. The maximum atomic E-state index is 11.9. The molecule has 0 aliphatic heterocycles. The highest BCUT2D eigenvalue weighted by atomic mass is 16.5. The molecule has 0 aliphatic carbocycles. The van der Waals surface area contributed by atoms with E-state index in [1.54, 1.807) is 30.3 Å². The molecule has 0 fully saturated rings. The van der Waals surface area contributed by atoms with Crippen molar-refractivity contribution < 1.29 is 9.53 Å². The fourth-order valence-electron chi connectivity index (χ4n) is 2.37. The van der Waals surface area contributed by atoms with Crippen molar-refractivity contribution in [1.29, 1.82) is 0 Å². The Hall–Kier alpha value is -3.09. The Bertz CT molecular complexity index is 836. The Morgan fingerprint density at radius 2 is 2.17 bits per heavy atom. The average Bonchev–Trinajstić information content (AvgIpc) is 3.18. The summed E-state index contributed by atoms with van der Waals surface area (Å²) in [6, 6.07) is 5.63. The number of hydrogen-bond donors (Lipinski definition) is 1. The molecule has 2 N–H and O–H groups in total. The zero-order valence-corrected chi connectivity index (χ0v) is 12.9. The van der Waals surface area contributed by atoms with Crippen molar-refractivity contribution in [2.24, 2.45) is 0 Å². The van der Waals surface area contributed by atoms with E-state index < -0.39 is 5.97 Å². The number of nitrogens with two attached hydrogens (primary N) is 1. The van der Waals surface area contributed by atoms with Crippen LogP contribution in [0.2, 0.25) is 0 Å². The molecule has 2 aromatic heterocycles. The maximum absolute atomic E-state index is 11.9. The van der Waals surface area contributed by atoms with Gasteiger partial charge in [-0.05, 0) is 32.0 Å². The topological polar surface area (TPSA) is 88.0 Å². The van der Waals surface area contributed by atoms with Gasteiger partial charge >= 0.3 is 5.97 Å². The Morgan fingerprint density at radius 3 is 2.87 bits per heavy atom. The molecule has 3 aromatic rings. The van der Waals surface area contributed by atoms with Crippen LogP contribution in [0.3, 0.4) is 0 Å². The molecule has 0 saturated heterocycles. The molecule has 0 amide bonds. The molecule has 3 rings (SSSR count). The lowest BCUT2D eigenvalue weighted by molar-refractivity contribution is 0.0519. The van der Waals surface area contributed by atoms with E-state index in [-0.39, 0.29) is 0 Å². The fourth-order valence-corrected chi connectivity index (χ4v) is 2.37. The molecule has 0 unspecified atom stereocenters. The van der Waals surface area contributed by atoms with Crippen molar-refractivity contribution in [2.75, 3.05) is 12.3 Å². The molecule has 0 saturated carbocycles. The lowest BCUT2D eigenvalue weighted by atomic mass is 10.2. The van der Waals surface area contributed by atoms with Gasteiger partial charge in [0.2, 0.25) is 0 Å². The van der Waals surface area contributed by atoms with Gasteiger partial charge in [0.05, 0.1) is 30.0 Å². The van der Waals surface area contributed by atoms with E-state index in [1.807, 2.05) is 35.9 Å². The third kappa shape index (κ3) is 2.68. The van der Waals surface area contributed by atoms with Crippen LogP contribution in [-0.2, 0) is 4.74 Å². The monoisotopic (exact) mass is 311 g/mol. The van der Waals surface area contributed by atoms with E-state index in [4.69, 9.17) is 10.5 Å². The summed E-state index contributed by atoms with van der Waals surface area (Å²) in [5, 5.41) is 0. The van der Waals surface area contributed by atoms with Gasteiger partial charge in [0.25, 0.3) is 0 Å². The van der Waals surface area contributed by atoms with Gasteiger partial charge in [-0.25, -0.2) is 14.8 Å². The molecule has 1 aromatic carbocycles. The molecule has 7 nitrogen and oxygen atoms in total. The van der Waals surface area contributed by atoms with Crippen LogP contribution in [0, 0.1) is 6.92 Å². The number of carbonyl (C=O) groups excluding carboxylic acids is 1. The molecule has 0 atom stereocenters. The number of nitrogens with zero attached hydrogens (tertiary/aromatic N) is 4. The van der Waals surface area contributed by atoms with Crippen LogP contribution in [0.25, 0.3) is 11.4 Å². The van der Waals surface area contributed by atoms with Gasteiger partial charge in [0, 0.05) is 18.1 Å². The van der Waals surface area contributed by atoms with Crippen LogP contribution in [-0.4, -0.2) is 31.7 Å². The van der Waals surface area contributed by atoms with E-state index in [9.17, 15) is 4.79 Å². The highest BCUT2D eigenvalue weighted by Crippen LogP contribution is 2.24. The van der Waals surface area contributed by atoms with Gasteiger partial charge < -0.3 is 19.6 Å². The Morgan fingerprint density at radius 1 is 1.35 bits per heavy atom. The number of rotatable bonds is 4. The standard InChI is InChI=1S/C16H17N5O2/c1-3-23-16(22)15-11(2)21(10-19-15)14-8-12(4-5-13(14)17)20-7-6-18-9-20/h4-10H,3,17H2,1-2H3. The SMILES string of the molecule is CCOC(=O)c1ncn(-c2cc(-n3ccnc3)ccc2N)c1C. The molecule has 7 heteroatoms. The first kappa shape index (κ1) is 14.8. The van der Waals surface area contributed by atoms with Crippen molar-refractivity contribution >= 4 is 11.7 Å². The van der Waals surface area contributed by atoms with Gasteiger partial charge in [0.1, 0.15) is 6.33 Å². The summed E-state index contributed by atoms with van der Waals surface area (Å²) >= 11 is 0. The average molecular weight is 311 g/mol. The molecule has 0 spiro atoms. The molecule has 118 valence electrons. The van der Waals surface area contributed by atoms with Crippen LogP contribution in [0.5, 0.6) is 0 Å². The minimum absolute atomic E-state index is 0.291. The van der Waals surface area contributed by atoms with Gasteiger partial charge in [-0.1, -0.05) is 0 Å². The Labute approximate surface area is 133 Å². The first-order chi connectivity index (χ1) is 11.1. The number of ether oxygens (including phenoxy) is 1. The van der Waals surface area contributed by atoms with Crippen LogP contribution >= 0.6 is 0 Å². The largest absolute Gasteiger partial charge is 0.461 e. The summed E-state index contributed by atoms with van der Waals surface area (Å²) in [6.07, 6.45) is 6.84. The number of nitrogen functional groups attached to an aromatic ring is 1. The second-order valence-corrected chi connectivity index (χ2v) is 4.98. The maximum Gasteiger partial charge on any atom is 0.358 e. The van der Waals surface area contributed by atoms with Crippen molar-refractivity contribution in [3.8, 4) is 11.4 Å². The van der Waals surface area contributed by atoms with E-state index in [1.165, 1.54) is 0 Å². The van der Waals surface area contributed by atoms with Gasteiger partial charge in [-0.2, -0.15) is 0 Å². The number of benzene rings is 1. The zero-order valence-electron chi connectivity index (χ0n) is 12.9. The van der Waals surface area contributed by atoms with Crippen molar-refractivity contribution in [1.82, 2.24) is 19.1 Å². The molecular weight excluding hydrogens is 294 g/mol. The van der Waals surface area contributed by atoms with Crippen LogP contribution in [0.4, 0.5) is 5.69 Å². The Kier molecular flexibility index (Phi) is 3.84. The molecule has 23 heavy (non-hydrogen) atoms. The summed E-state index contributed by atoms with van der Waals surface area (Å²) in [5.74, 6) is -0.437. The summed E-state index contributed by atoms with van der Waals surface area (Å²) in [5.41, 5.74) is 9.32. The van der Waals surface area contributed by atoms with Gasteiger partial charge in [-0.3, -0.25) is 0 Å². The number of hydrogen-bond acceptors (Lipinski definition) is 5. The number of anilines is 1. The van der Waals surface area contributed by atoms with Gasteiger partial charge in [0.15, 0.2) is 5.69 Å². The highest BCUT2D eigenvalue weighted by molar-refractivity contribution is 5.88. The number of aromatic nitrogens is 4. The van der Waals surface area contributed by atoms with E-state index >= 15 is 0 Å². The highest BCUT2D eigenvalue weighted by Gasteiger charge is 2.17. The van der Waals surface area contributed by atoms with Gasteiger partial charge in [-0.15, -0.1) is 0 Å². The quantitative estimate of drug-likeness (QED) is 0.589.